The van der Waals surface area contributed by atoms with Gasteiger partial charge in [0.2, 0.25) is 0 Å². The van der Waals surface area contributed by atoms with Crippen LogP contribution in [0.2, 0.25) is 0 Å². The van der Waals surface area contributed by atoms with E-state index in [2.05, 4.69) is 15.6 Å². The monoisotopic (exact) mass is 753 g/mol. The zero-order chi connectivity index (χ0) is 39.9. The van der Waals surface area contributed by atoms with Crippen molar-refractivity contribution in [2.75, 3.05) is 13.1 Å². The molecule has 0 aromatic heterocycles. The zero-order valence-electron chi connectivity index (χ0n) is 32.0. The molecule has 2 aromatic rings. The van der Waals surface area contributed by atoms with Crippen molar-refractivity contribution in [1.82, 2.24) is 15.1 Å². The van der Waals surface area contributed by atoms with Crippen LogP contribution < -0.4 is 16.8 Å². The van der Waals surface area contributed by atoms with Gasteiger partial charge in [0.15, 0.2) is 17.7 Å². The Labute approximate surface area is 316 Å². The minimum atomic E-state index is -1.19. The van der Waals surface area contributed by atoms with Crippen molar-refractivity contribution >= 4 is 35.9 Å². The number of piperidine rings is 2. The number of nitrogens with one attached hydrogen (secondary N) is 1. The summed E-state index contributed by atoms with van der Waals surface area (Å²) in [4.78, 5) is 58.2. The highest BCUT2D eigenvalue weighted by molar-refractivity contribution is 5.90. The van der Waals surface area contributed by atoms with Gasteiger partial charge in [-0.1, -0.05) is 71.0 Å². The van der Waals surface area contributed by atoms with Gasteiger partial charge in [-0.3, -0.25) is 9.80 Å². The van der Waals surface area contributed by atoms with Crippen LogP contribution in [-0.4, -0.2) is 87.3 Å². The second-order valence-electron chi connectivity index (χ2n) is 14.9. The molecule has 0 bridgehead atoms. The summed E-state index contributed by atoms with van der Waals surface area (Å²) in [5.74, 6) is -0.821. The topological polar surface area (TPSA) is 221 Å². The maximum atomic E-state index is 13.0. The normalized spacial score (nSPS) is 18.6. The Kier molecular flexibility index (Phi) is 15.9. The molecule has 2 saturated heterocycles. The van der Waals surface area contributed by atoms with Crippen molar-refractivity contribution in [1.29, 1.82) is 0 Å². The molecule has 0 saturated carbocycles. The molecule has 16 heteroatoms. The fourth-order valence-electron chi connectivity index (χ4n) is 5.64. The fraction of sp³-hybridized carbons (Fsp3) is 0.526. The Morgan fingerprint density at radius 2 is 1.26 bits per heavy atom. The van der Waals surface area contributed by atoms with Gasteiger partial charge in [0.05, 0.1) is 12.1 Å². The van der Waals surface area contributed by atoms with Gasteiger partial charge in [0.1, 0.15) is 17.8 Å². The minimum Gasteiger partial charge on any atom is -0.445 e. The lowest BCUT2D eigenvalue weighted by Crippen LogP contribution is -2.52. The van der Waals surface area contributed by atoms with Crippen LogP contribution in [0, 0.1) is 0 Å². The number of nitrogens with two attached hydrogens (primary N) is 2. The lowest BCUT2D eigenvalue weighted by atomic mass is 10.0. The van der Waals surface area contributed by atoms with Crippen LogP contribution in [0.5, 0.6) is 0 Å². The number of ether oxygens (including phenoxy) is 3. The molecule has 16 nitrogen and oxygen atoms in total. The molecular formula is C38H55N7O9. The van der Waals surface area contributed by atoms with E-state index in [0.717, 1.165) is 31.2 Å². The Morgan fingerprint density at radius 3 is 1.74 bits per heavy atom. The first kappa shape index (κ1) is 42.9. The van der Waals surface area contributed by atoms with E-state index < -0.39 is 47.5 Å². The van der Waals surface area contributed by atoms with E-state index >= 15 is 0 Å². The SMILES string of the molecule is CC(C)(C)OC(=O)N1CCCC[C@H]1/C(N)=N/O.CC(C)(C)OC(=O)N1CCCC[C@H]1/C(N)=N/OC(=O)[C@H](NC(=O)OCc1ccccc1)c1ccccc1. The third kappa shape index (κ3) is 14.1. The molecule has 0 aliphatic carbocycles. The van der Waals surface area contributed by atoms with E-state index in [1.807, 2.05) is 51.1 Å². The molecule has 3 amide bonds. The van der Waals surface area contributed by atoms with Crippen molar-refractivity contribution in [3.05, 3.63) is 71.8 Å². The standard InChI is InChI=1S/C27H34N4O6.C11H21N3O3/c1-27(2,3)36-26(34)31-17-11-10-16-21(31)23(28)30-37-24(32)22(20-14-8-5-9-15-20)29-25(33)35-18-19-12-6-4-7-13-19;1-11(2,3)17-10(15)14-7-5-4-6-8(14)9(12)13-16/h4-9,12-15,21-22H,10-11,16-18H2,1-3H3,(H2,28,30)(H,29,33);8,16H,4-7H2,1-3H3,(H2,12,13)/t21-,22+;8-/m00/s1. The number of benzene rings is 2. The molecule has 0 unspecified atom stereocenters. The molecule has 2 heterocycles. The summed E-state index contributed by atoms with van der Waals surface area (Å²) in [5, 5.41) is 18.0. The highest BCUT2D eigenvalue weighted by Crippen LogP contribution is 2.23. The second kappa shape index (κ2) is 20.1. The summed E-state index contributed by atoms with van der Waals surface area (Å²) in [7, 11) is 0. The first-order valence-corrected chi connectivity index (χ1v) is 18.0. The van der Waals surface area contributed by atoms with Gasteiger partial charge < -0.3 is 41.0 Å². The van der Waals surface area contributed by atoms with Gasteiger partial charge in [0, 0.05) is 13.1 Å². The number of carbonyl (C=O) groups excluding carboxylic acids is 4. The minimum absolute atomic E-state index is 0.0302. The lowest BCUT2D eigenvalue weighted by molar-refractivity contribution is -0.146. The molecule has 2 fully saturated rings. The lowest BCUT2D eigenvalue weighted by Gasteiger charge is -2.36. The largest absolute Gasteiger partial charge is 0.445 e. The number of oxime groups is 2. The van der Waals surface area contributed by atoms with Crippen molar-refractivity contribution in [2.24, 2.45) is 21.8 Å². The van der Waals surface area contributed by atoms with Gasteiger partial charge >= 0.3 is 24.2 Å². The number of hydrogen-bond acceptors (Lipinski definition) is 11. The van der Waals surface area contributed by atoms with E-state index in [9.17, 15) is 19.2 Å². The summed E-state index contributed by atoms with van der Waals surface area (Å²) in [6, 6.07) is 15.6. The molecule has 0 radical (unpaired) electrons. The predicted octanol–water partition coefficient (Wildman–Crippen LogP) is 5.78. The molecule has 296 valence electrons. The van der Waals surface area contributed by atoms with E-state index in [1.165, 1.54) is 9.80 Å². The summed E-state index contributed by atoms with van der Waals surface area (Å²) in [5.41, 5.74) is 11.8. The van der Waals surface area contributed by atoms with Crippen molar-refractivity contribution < 1.29 is 43.4 Å². The van der Waals surface area contributed by atoms with Crippen LogP contribution in [0.25, 0.3) is 0 Å². The fourth-order valence-corrected chi connectivity index (χ4v) is 5.64. The van der Waals surface area contributed by atoms with Crippen LogP contribution in [0.15, 0.2) is 71.0 Å². The average Bonchev–Trinajstić information content (AvgIpc) is 3.14. The maximum absolute atomic E-state index is 13.0. The van der Waals surface area contributed by atoms with E-state index in [-0.39, 0.29) is 24.3 Å². The van der Waals surface area contributed by atoms with Gasteiger partial charge in [-0.25, -0.2) is 19.2 Å². The highest BCUT2D eigenvalue weighted by Gasteiger charge is 2.35. The molecule has 4 rings (SSSR count). The molecule has 3 atom stereocenters. The summed E-state index contributed by atoms with van der Waals surface area (Å²) in [6.07, 6.45) is 3.04. The second-order valence-corrected chi connectivity index (χ2v) is 14.9. The summed E-state index contributed by atoms with van der Waals surface area (Å²) >= 11 is 0. The Hall–Kier alpha value is -5.54. The summed E-state index contributed by atoms with van der Waals surface area (Å²) in [6.45, 7) is 11.9. The van der Waals surface area contributed by atoms with Gasteiger partial charge in [-0.15, -0.1) is 0 Å². The van der Waals surface area contributed by atoms with Crippen LogP contribution in [0.3, 0.4) is 0 Å². The van der Waals surface area contributed by atoms with Crippen LogP contribution in [0.4, 0.5) is 14.4 Å². The van der Waals surface area contributed by atoms with E-state index in [1.54, 1.807) is 51.1 Å². The number of amidine groups is 2. The van der Waals surface area contributed by atoms with Crippen molar-refractivity contribution in [3.63, 3.8) is 0 Å². The smallest absolute Gasteiger partial charge is 0.410 e. The summed E-state index contributed by atoms with van der Waals surface area (Å²) < 4.78 is 16.0. The number of carbonyl (C=O) groups is 4. The van der Waals surface area contributed by atoms with Crippen LogP contribution in [0.1, 0.15) is 97.2 Å². The molecule has 2 aromatic carbocycles. The van der Waals surface area contributed by atoms with Crippen molar-refractivity contribution in [3.8, 4) is 0 Å². The predicted molar refractivity (Wildman–Crippen MR) is 201 cm³/mol. The van der Waals surface area contributed by atoms with Gasteiger partial charge in [-0.2, -0.15) is 0 Å². The third-order valence-corrected chi connectivity index (χ3v) is 8.14. The number of amides is 3. The molecule has 2 aliphatic heterocycles. The Morgan fingerprint density at radius 1 is 0.778 bits per heavy atom. The van der Waals surface area contributed by atoms with E-state index in [0.29, 0.717) is 31.5 Å². The zero-order valence-corrected chi connectivity index (χ0v) is 32.0. The molecule has 54 heavy (non-hydrogen) atoms. The van der Waals surface area contributed by atoms with Crippen molar-refractivity contribution in [2.45, 2.75) is 116 Å². The Balaban J connectivity index is 0.000000386. The molecule has 2 aliphatic rings. The number of alkyl carbamates (subject to hydrolysis) is 1. The maximum Gasteiger partial charge on any atom is 0.410 e. The number of nitrogens with zero attached hydrogens (tertiary/aromatic N) is 4. The number of likely N-dealkylation sites (tertiary alicyclic amines) is 2. The van der Waals surface area contributed by atoms with Crippen LogP contribution in [-0.2, 0) is 30.4 Å². The number of rotatable bonds is 8. The molecule has 6 N–H and O–H groups in total. The average molecular weight is 754 g/mol. The Bertz CT molecular complexity index is 1590. The van der Waals surface area contributed by atoms with Gasteiger partial charge in [-0.05, 0) is 91.2 Å². The quantitative estimate of drug-likeness (QED) is 0.0632. The first-order valence-electron chi connectivity index (χ1n) is 18.0. The van der Waals surface area contributed by atoms with Gasteiger partial charge in [0.25, 0.3) is 0 Å². The highest BCUT2D eigenvalue weighted by atomic mass is 16.7. The first-order chi connectivity index (χ1) is 25.5. The van der Waals surface area contributed by atoms with E-state index in [4.69, 9.17) is 35.7 Å². The number of hydrogen-bond donors (Lipinski definition) is 4. The third-order valence-electron chi connectivity index (χ3n) is 8.14. The van der Waals surface area contributed by atoms with Crippen LogP contribution >= 0.6 is 0 Å². The molecular weight excluding hydrogens is 698 g/mol. The molecule has 0 spiro atoms.